The van der Waals surface area contributed by atoms with Gasteiger partial charge in [-0.1, -0.05) is 42.5 Å². The molecule has 3 rings (SSSR count). The summed E-state index contributed by atoms with van der Waals surface area (Å²) in [6.07, 6.45) is 1.73. The smallest absolute Gasteiger partial charge is 0.286 e. The molecule has 8 heteroatoms. The van der Waals surface area contributed by atoms with E-state index in [-0.39, 0.29) is 16.8 Å². The standard InChI is InChI=1S/C22H24N4O3S/c1-3-15-4-6-16(7-5-15)14-23-19(27)12-13-20-25-26-22(30-20)21(28)24-17-8-10-18(29-2)11-9-17/h4-11H,3,12-14H2,1-2H3,(H,23,27)(H,24,28). The Hall–Kier alpha value is -3.26. The minimum absolute atomic E-state index is 0.0611. The van der Waals surface area contributed by atoms with E-state index in [1.165, 1.54) is 16.9 Å². The van der Waals surface area contributed by atoms with Crippen molar-refractivity contribution >= 4 is 28.8 Å². The lowest BCUT2D eigenvalue weighted by molar-refractivity contribution is -0.121. The van der Waals surface area contributed by atoms with E-state index in [9.17, 15) is 9.59 Å². The first kappa shape index (κ1) is 21.4. The number of nitrogens with one attached hydrogen (secondary N) is 2. The molecule has 0 saturated heterocycles. The summed E-state index contributed by atoms with van der Waals surface area (Å²) in [6.45, 7) is 2.60. The molecule has 30 heavy (non-hydrogen) atoms. The van der Waals surface area contributed by atoms with Crippen LogP contribution in [-0.4, -0.2) is 29.1 Å². The highest BCUT2D eigenvalue weighted by atomic mass is 32.1. The third-order valence-corrected chi connectivity index (χ3v) is 5.48. The summed E-state index contributed by atoms with van der Waals surface area (Å²) in [5.41, 5.74) is 2.98. The van der Waals surface area contributed by atoms with Crippen LogP contribution >= 0.6 is 11.3 Å². The van der Waals surface area contributed by atoms with Crippen molar-refractivity contribution in [3.8, 4) is 5.75 Å². The van der Waals surface area contributed by atoms with Crippen molar-refractivity contribution < 1.29 is 14.3 Å². The average Bonchev–Trinajstić information content (AvgIpc) is 3.26. The van der Waals surface area contributed by atoms with Crippen LogP contribution in [0, 0.1) is 0 Å². The summed E-state index contributed by atoms with van der Waals surface area (Å²) in [6, 6.07) is 15.2. The number of ether oxygens (including phenoxy) is 1. The van der Waals surface area contributed by atoms with Crippen LogP contribution in [-0.2, 0) is 24.2 Å². The molecule has 1 aromatic heterocycles. The highest BCUT2D eigenvalue weighted by molar-refractivity contribution is 7.13. The van der Waals surface area contributed by atoms with Crippen molar-refractivity contribution in [3.05, 3.63) is 69.7 Å². The molecule has 0 aliphatic heterocycles. The number of amides is 2. The van der Waals surface area contributed by atoms with Gasteiger partial charge in [0, 0.05) is 25.1 Å². The van der Waals surface area contributed by atoms with Crippen LogP contribution in [0.4, 0.5) is 5.69 Å². The summed E-state index contributed by atoms with van der Waals surface area (Å²) >= 11 is 1.19. The Morgan fingerprint density at radius 3 is 2.37 bits per heavy atom. The van der Waals surface area contributed by atoms with Crippen molar-refractivity contribution in [2.75, 3.05) is 12.4 Å². The second-order valence-corrected chi connectivity index (χ2v) is 7.69. The van der Waals surface area contributed by atoms with Gasteiger partial charge in [-0.05, 0) is 41.8 Å². The molecule has 0 radical (unpaired) electrons. The lowest BCUT2D eigenvalue weighted by atomic mass is 10.1. The Kier molecular flexibility index (Phi) is 7.51. The van der Waals surface area contributed by atoms with E-state index in [0.717, 1.165) is 12.0 Å². The number of anilines is 1. The predicted octanol–water partition coefficient (Wildman–Crippen LogP) is 3.61. The first-order chi connectivity index (χ1) is 14.6. The number of nitrogens with zero attached hydrogens (tertiary/aromatic N) is 2. The van der Waals surface area contributed by atoms with Gasteiger partial charge in [-0.3, -0.25) is 9.59 Å². The molecular formula is C22H24N4O3S. The van der Waals surface area contributed by atoms with Crippen molar-refractivity contribution in [1.82, 2.24) is 15.5 Å². The highest BCUT2D eigenvalue weighted by Crippen LogP contribution is 2.17. The average molecular weight is 425 g/mol. The Labute approximate surface area is 179 Å². The molecule has 1 heterocycles. The second kappa shape index (κ2) is 10.5. The maximum absolute atomic E-state index is 12.3. The van der Waals surface area contributed by atoms with Gasteiger partial charge in [0.25, 0.3) is 5.91 Å². The van der Waals surface area contributed by atoms with Crippen molar-refractivity contribution in [2.45, 2.75) is 32.7 Å². The molecule has 0 aliphatic carbocycles. The van der Waals surface area contributed by atoms with Gasteiger partial charge in [0.2, 0.25) is 10.9 Å². The molecule has 2 amide bonds. The number of carbonyl (C=O) groups is 2. The summed E-state index contributed by atoms with van der Waals surface area (Å²) in [4.78, 5) is 24.4. The number of benzene rings is 2. The molecule has 156 valence electrons. The van der Waals surface area contributed by atoms with Gasteiger partial charge in [0.1, 0.15) is 10.8 Å². The van der Waals surface area contributed by atoms with Crippen molar-refractivity contribution in [2.24, 2.45) is 0 Å². The predicted molar refractivity (Wildman–Crippen MR) is 117 cm³/mol. The van der Waals surface area contributed by atoms with Crippen LogP contribution in [0.5, 0.6) is 5.75 Å². The van der Waals surface area contributed by atoms with Gasteiger partial charge in [0.15, 0.2) is 0 Å². The number of hydrogen-bond donors (Lipinski definition) is 2. The minimum Gasteiger partial charge on any atom is -0.497 e. The van der Waals surface area contributed by atoms with Crippen molar-refractivity contribution in [1.29, 1.82) is 0 Å². The molecule has 0 unspecified atom stereocenters. The highest BCUT2D eigenvalue weighted by Gasteiger charge is 2.14. The van der Waals surface area contributed by atoms with Crippen LogP contribution in [0.1, 0.15) is 39.3 Å². The van der Waals surface area contributed by atoms with Crippen molar-refractivity contribution in [3.63, 3.8) is 0 Å². The lowest BCUT2D eigenvalue weighted by Gasteiger charge is -2.05. The number of methoxy groups -OCH3 is 1. The zero-order valence-electron chi connectivity index (χ0n) is 17.0. The maximum Gasteiger partial charge on any atom is 0.286 e. The summed E-state index contributed by atoms with van der Waals surface area (Å²) < 4.78 is 5.09. The fraction of sp³-hybridized carbons (Fsp3) is 0.273. The first-order valence-corrected chi connectivity index (χ1v) is 10.5. The van der Waals surface area contributed by atoms with E-state index >= 15 is 0 Å². The zero-order valence-corrected chi connectivity index (χ0v) is 17.8. The fourth-order valence-corrected chi connectivity index (χ4v) is 3.44. The van der Waals surface area contributed by atoms with E-state index in [4.69, 9.17) is 4.74 Å². The largest absolute Gasteiger partial charge is 0.497 e. The van der Waals surface area contributed by atoms with Gasteiger partial charge < -0.3 is 15.4 Å². The summed E-state index contributed by atoms with van der Waals surface area (Å²) in [7, 11) is 1.58. The number of aryl methyl sites for hydroxylation is 2. The van der Waals surface area contributed by atoms with E-state index in [2.05, 4.69) is 39.9 Å². The summed E-state index contributed by atoms with van der Waals surface area (Å²) in [5.74, 6) is 0.320. The maximum atomic E-state index is 12.3. The van der Waals surface area contributed by atoms with Gasteiger partial charge in [-0.25, -0.2) is 0 Å². The molecule has 0 bridgehead atoms. The molecule has 0 saturated carbocycles. The Morgan fingerprint density at radius 2 is 1.70 bits per heavy atom. The van der Waals surface area contributed by atoms with Gasteiger partial charge in [0.05, 0.1) is 7.11 Å². The molecular weight excluding hydrogens is 400 g/mol. The number of rotatable bonds is 9. The normalized spacial score (nSPS) is 10.5. The van der Waals surface area contributed by atoms with E-state index in [1.807, 2.05) is 12.1 Å². The topological polar surface area (TPSA) is 93.2 Å². The number of hydrogen-bond acceptors (Lipinski definition) is 6. The van der Waals surface area contributed by atoms with Crippen LogP contribution in [0.2, 0.25) is 0 Å². The molecule has 7 nitrogen and oxygen atoms in total. The van der Waals surface area contributed by atoms with Gasteiger partial charge >= 0.3 is 0 Å². The third-order valence-electron chi connectivity index (χ3n) is 4.50. The minimum atomic E-state index is -0.330. The van der Waals surface area contributed by atoms with E-state index < -0.39 is 0 Å². The Morgan fingerprint density at radius 1 is 1.00 bits per heavy atom. The fourth-order valence-electron chi connectivity index (χ4n) is 2.71. The Balaban J connectivity index is 1.44. The van der Waals surface area contributed by atoms with Crippen LogP contribution < -0.4 is 15.4 Å². The molecule has 3 aromatic rings. The molecule has 0 spiro atoms. The van der Waals surface area contributed by atoms with E-state index in [1.54, 1.807) is 31.4 Å². The van der Waals surface area contributed by atoms with Crippen LogP contribution in [0.25, 0.3) is 0 Å². The zero-order chi connectivity index (χ0) is 21.3. The summed E-state index contributed by atoms with van der Waals surface area (Å²) in [5, 5.41) is 14.5. The number of aromatic nitrogens is 2. The SMILES string of the molecule is CCc1ccc(CNC(=O)CCc2nnc(C(=O)Nc3ccc(OC)cc3)s2)cc1. The molecule has 0 aliphatic rings. The monoisotopic (exact) mass is 424 g/mol. The van der Waals surface area contributed by atoms with Gasteiger partial charge in [-0.2, -0.15) is 0 Å². The second-order valence-electron chi connectivity index (χ2n) is 6.63. The van der Waals surface area contributed by atoms with Crippen LogP contribution in [0.3, 0.4) is 0 Å². The molecule has 0 fully saturated rings. The molecule has 0 atom stereocenters. The van der Waals surface area contributed by atoms with E-state index in [0.29, 0.717) is 35.8 Å². The first-order valence-electron chi connectivity index (χ1n) is 9.69. The Bertz CT molecular complexity index is 984. The number of carbonyl (C=O) groups excluding carboxylic acids is 2. The molecule has 2 aromatic carbocycles. The van der Waals surface area contributed by atoms with Crippen LogP contribution in [0.15, 0.2) is 48.5 Å². The lowest BCUT2D eigenvalue weighted by Crippen LogP contribution is -2.22. The third kappa shape index (κ3) is 6.12. The molecule has 2 N–H and O–H groups in total. The van der Waals surface area contributed by atoms with Gasteiger partial charge in [-0.15, -0.1) is 10.2 Å². The quantitative estimate of drug-likeness (QED) is 0.547.